The molecule has 2 N–H and O–H groups in total. The van der Waals surface area contributed by atoms with Gasteiger partial charge in [-0.1, -0.05) is 6.92 Å². The zero-order valence-electron chi connectivity index (χ0n) is 15.5. The fourth-order valence-electron chi connectivity index (χ4n) is 3.66. The van der Waals surface area contributed by atoms with Crippen LogP contribution in [0.15, 0.2) is 23.6 Å². The van der Waals surface area contributed by atoms with Crippen LogP contribution in [0.25, 0.3) is 11.3 Å². The van der Waals surface area contributed by atoms with Gasteiger partial charge in [0.15, 0.2) is 16.6 Å². The first-order valence-electron chi connectivity index (χ1n) is 9.55. The van der Waals surface area contributed by atoms with Crippen molar-refractivity contribution in [2.75, 3.05) is 31.6 Å². The zero-order valence-corrected chi connectivity index (χ0v) is 16.3. The van der Waals surface area contributed by atoms with Crippen LogP contribution < -0.4 is 20.1 Å². The van der Waals surface area contributed by atoms with Gasteiger partial charge in [0.2, 0.25) is 5.91 Å². The molecule has 0 bridgehead atoms. The topological polar surface area (TPSA) is 72.5 Å². The van der Waals surface area contributed by atoms with Gasteiger partial charge in [0, 0.05) is 17.4 Å². The van der Waals surface area contributed by atoms with Gasteiger partial charge in [-0.05, 0) is 56.0 Å². The number of piperidine rings is 1. The number of amides is 1. The van der Waals surface area contributed by atoms with Crippen molar-refractivity contribution in [2.45, 2.75) is 26.2 Å². The third-order valence-corrected chi connectivity index (χ3v) is 5.99. The molecular weight excluding hydrogens is 362 g/mol. The predicted octanol–water partition coefficient (Wildman–Crippen LogP) is 3.55. The van der Waals surface area contributed by atoms with Crippen LogP contribution in [0.1, 0.15) is 26.2 Å². The number of aromatic nitrogens is 1. The number of nitrogens with zero attached hydrogens (tertiary/aromatic N) is 1. The van der Waals surface area contributed by atoms with Gasteiger partial charge in [-0.25, -0.2) is 4.98 Å². The summed E-state index contributed by atoms with van der Waals surface area (Å²) < 4.78 is 11.2. The lowest BCUT2D eigenvalue weighted by Crippen LogP contribution is -2.34. The second-order valence-corrected chi connectivity index (χ2v) is 8.09. The van der Waals surface area contributed by atoms with E-state index >= 15 is 0 Å². The second-order valence-electron chi connectivity index (χ2n) is 7.23. The molecule has 1 fully saturated rings. The molecule has 0 spiro atoms. The number of anilines is 1. The van der Waals surface area contributed by atoms with Crippen molar-refractivity contribution in [1.29, 1.82) is 0 Å². The maximum atomic E-state index is 12.4. The molecule has 2 aliphatic heterocycles. The Morgan fingerprint density at radius 2 is 2.22 bits per heavy atom. The number of rotatable bonds is 5. The maximum Gasteiger partial charge on any atom is 0.226 e. The number of benzene rings is 1. The van der Waals surface area contributed by atoms with Gasteiger partial charge in [-0.15, -0.1) is 11.3 Å². The summed E-state index contributed by atoms with van der Waals surface area (Å²) in [6.07, 6.45) is 2.93. The number of carbonyl (C=O) groups excluding carboxylic acids is 1. The number of carbonyl (C=O) groups is 1. The van der Waals surface area contributed by atoms with Crippen LogP contribution in [-0.4, -0.2) is 37.2 Å². The van der Waals surface area contributed by atoms with Gasteiger partial charge in [-0.2, -0.15) is 0 Å². The molecule has 1 aromatic heterocycles. The summed E-state index contributed by atoms with van der Waals surface area (Å²) in [5.74, 6) is 2.49. The van der Waals surface area contributed by atoms with E-state index in [2.05, 4.69) is 22.5 Å². The highest BCUT2D eigenvalue weighted by Crippen LogP contribution is 2.35. The molecule has 0 radical (unpaired) electrons. The number of hydrogen-bond donors (Lipinski definition) is 2. The fraction of sp³-hybridized carbons (Fsp3) is 0.500. The average Bonchev–Trinajstić information content (AvgIpc) is 3.16. The smallest absolute Gasteiger partial charge is 0.226 e. The van der Waals surface area contributed by atoms with Crippen molar-refractivity contribution in [2.24, 2.45) is 11.8 Å². The number of nitrogens with one attached hydrogen (secondary N) is 2. The van der Waals surface area contributed by atoms with E-state index in [1.807, 2.05) is 23.6 Å². The van der Waals surface area contributed by atoms with E-state index in [0.717, 1.165) is 35.8 Å². The summed E-state index contributed by atoms with van der Waals surface area (Å²) >= 11 is 1.45. The van der Waals surface area contributed by atoms with Crippen LogP contribution in [-0.2, 0) is 4.79 Å². The molecule has 1 aromatic carbocycles. The molecule has 2 aliphatic rings. The van der Waals surface area contributed by atoms with Crippen LogP contribution in [0.2, 0.25) is 0 Å². The molecule has 3 heterocycles. The van der Waals surface area contributed by atoms with Gasteiger partial charge in [-0.3, -0.25) is 4.79 Å². The molecule has 27 heavy (non-hydrogen) atoms. The lowest BCUT2D eigenvalue weighted by Gasteiger charge is -2.27. The van der Waals surface area contributed by atoms with E-state index in [0.29, 0.717) is 36.6 Å². The Balaban J connectivity index is 1.37. The lowest BCUT2D eigenvalue weighted by atomic mass is 9.85. The van der Waals surface area contributed by atoms with E-state index < -0.39 is 0 Å². The summed E-state index contributed by atoms with van der Waals surface area (Å²) in [4.78, 5) is 17.0. The van der Waals surface area contributed by atoms with Crippen LogP contribution in [0, 0.1) is 11.8 Å². The monoisotopic (exact) mass is 387 g/mol. The minimum absolute atomic E-state index is 0.0381. The standard InChI is InChI=1S/C20H25N3O3S/c1-13(15-3-2-6-21-11-15)9-19(24)23-20-22-16(12-27-20)14-4-5-17-18(10-14)26-8-7-25-17/h4-5,10,12-13,15,21H,2-3,6-9,11H2,1H3,(H,22,23,24). The molecule has 4 rings (SSSR count). The van der Waals surface area contributed by atoms with E-state index in [1.54, 1.807) is 0 Å². The first kappa shape index (κ1) is 18.3. The SMILES string of the molecule is CC(CC(=O)Nc1nc(-c2ccc3c(c2)OCCO3)cs1)C1CCCNC1. The molecule has 0 aliphatic carbocycles. The first-order chi connectivity index (χ1) is 13.2. The van der Waals surface area contributed by atoms with Gasteiger partial charge >= 0.3 is 0 Å². The maximum absolute atomic E-state index is 12.4. The molecular formula is C20H25N3O3S. The van der Waals surface area contributed by atoms with Crippen molar-refractivity contribution >= 4 is 22.4 Å². The molecule has 2 unspecified atom stereocenters. The van der Waals surface area contributed by atoms with Gasteiger partial charge in [0.25, 0.3) is 0 Å². The van der Waals surface area contributed by atoms with Crippen molar-refractivity contribution in [1.82, 2.24) is 10.3 Å². The Hall–Kier alpha value is -2.12. The van der Waals surface area contributed by atoms with Crippen LogP contribution >= 0.6 is 11.3 Å². The van der Waals surface area contributed by atoms with Crippen LogP contribution in [0.3, 0.4) is 0 Å². The Morgan fingerprint density at radius 1 is 1.37 bits per heavy atom. The van der Waals surface area contributed by atoms with E-state index in [9.17, 15) is 4.79 Å². The predicted molar refractivity (Wildman–Crippen MR) is 107 cm³/mol. The second kappa shape index (κ2) is 8.27. The Labute approximate surface area is 163 Å². The van der Waals surface area contributed by atoms with Gasteiger partial charge < -0.3 is 20.1 Å². The largest absolute Gasteiger partial charge is 0.486 e. The number of thiazole rings is 1. The fourth-order valence-corrected chi connectivity index (χ4v) is 4.40. The third kappa shape index (κ3) is 4.42. The molecule has 1 amide bonds. The molecule has 2 atom stereocenters. The third-order valence-electron chi connectivity index (χ3n) is 5.24. The Bertz CT molecular complexity index is 802. The minimum Gasteiger partial charge on any atom is -0.486 e. The van der Waals surface area contributed by atoms with E-state index in [-0.39, 0.29) is 5.91 Å². The van der Waals surface area contributed by atoms with E-state index in [4.69, 9.17) is 9.47 Å². The van der Waals surface area contributed by atoms with Crippen LogP contribution in [0.4, 0.5) is 5.13 Å². The lowest BCUT2D eigenvalue weighted by molar-refractivity contribution is -0.117. The summed E-state index contributed by atoms with van der Waals surface area (Å²) in [6, 6.07) is 5.81. The average molecular weight is 388 g/mol. The highest BCUT2D eigenvalue weighted by molar-refractivity contribution is 7.14. The zero-order chi connectivity index (χ0) is 18.6. The number of ether oxygens (including phenoxy) is 2. The normalized spacial score (nSPS) is 20.1. The first-order valence-corrected chi connectivity index (χ1v) is 10.4. The highest BCUT2D eigenvalue weighted by Gasteiger charge is 2.22. The molecule has 6 nitrogen and oxygen atoms in total. The molecule has 1 saturated heterocycles. The Kier molecular flexibility index (Phi) is 5.59. The molecule has 2 aromatic rings. The van der Waals surface area contributed by atoms with Gasteiger partial charge in [0.05, 0.1) is 5.69 Å². The van der Waals surface area contributed by atoms with Crippen molar-refractivity contribution in [3.63, 3.8) is 0 Å². The van der Waals surface area contributed by atoms with Crippen molar-refractivity contribution in [3.8, 4) is 22.8 Å². The van der Waals surface area contributed by atoms with E-state index in [1.165, 1.54) is 24.2 Å². The summed E-state index contributed by atoms with van der Waals surface area (Å²) in [7, 11) is 0. The number of hydrogen-bond acceptors (Lipinski definition) is 6. The quantitative estimate of drug-likeness (QED) is 0.821. The molecule has 144 valence electrons. The summed E-state index contributed by atoms with van der Waals surface area (Å²) in [6.45, 7) is 5.41. The summed E-state index contributed by atoms with van der Waals surface area (Å²) in [5.41, 5.74) is 1.79. The number of fused-ring (bicyclic) bond motifs is 1. The molecule has 7 heteroatoms. The highest BCUT2D eigenvalue weighted by atomic mass is 32.1. The van der Waals surface area contributed by atoms with Crippen molar-refractivity contribution < 1.29 is 14.3 Å². The molecule has 0 saturated carbocycles. The van der Waals surface area contributed by atoms with Crippen molar-refractivity contribution in [3.05, 3.63) is 23.6 Å². The Morgan fingerprint density at radius 3 is 3.04 bits per heavy atom. The van der Waals surface area contributed by atoms with Gasteiger partial charge in [0.1, 0.15) is 13.2 Å². The summed E-state index contributed by atoms with van der Waals surface area (Å²) in [5, 5.41) is 8.97. The van der Waals surface area contributed by atoms with Crippen LogP contribution in [0.5, 0.6) is 11.5 Å². The minimum atomic E-state index is 0.0381.